The van der Waals surface area contributed by atoms with Crippen LogP contribution < -0.4 is 10.5 Å². The standard InChI is InChI=1S/C9H14N2O5S/c1-6-8(17(10,13)14)5-7(16-6)9(12)11-3-4-15-2/h5H,3-4H2,1-2H3,(H,11,12)(H2,10,13,14). The molecule has 0 radical (unpaired) electrons. The van der Waals surface area contributed by atoms with Crippen LogP contribution in [0.3, 0.4) is 0 Å². The third-order valence-electron chi connectivity index (χ3n) is 1.99. The molecule has 0 saturated carbocycles. The Bertz CT molecular complexity index is 505. The van der Waals surface area contributed by atoms with Gasteiger partial charge in [0, 0.05) is 19.7 Å². The second-order valence-electron chi connectivity index (χ2n) is 3.32. The number of carbonyl (C=O) groups excluding carboxylic acids is 1. The molecule has 17 heavy (non-hydrogen) atoms. The largest absolute Gasteiger partial charge is 0.455 e. The molecular weight excluding hydrogens is 248 g/mol. The maximum absolute atomic E-state index is 11.5. The van der Waals surface area contributed by atoms with Gasteiger partial charge in [-0.1, -0.05) is 0 Å². The summed E-state index contributed by atoms with van der Waals surface area (Å²) in [5.74, 6) is -0.521. The Morgan fingerprint density at radius 2 is 2.24 bits per heavy atom. The quantitative estimate of drug-likeness (QED) is 0.702. The number of methoxy groups -OCH3 is 1. The van der Waals surface area contributed by atoms with Crippen LogP contribution in [0.1, 0.15) is 16.3 Å². The van der Waals surface area contributed by atoms with Gasteiger partial charge in [-0.2, -0.15) is 0 Å². The van der Waals surface area contributed by atoms with Crippen molar-refractivity contribution in [2.45, 2.75) is 11.8 Å². The highest BCUT2D eigenvalue weighted by molar-refractivity contribution is 7.89. The average molecular weight is 262 g/mol. The van der Waals surface area contributed by atoms with Gasteiger partial charge in [-0.05, 0) is 6.92 Å². The van der Waals surface area contributed by atoms with E-state index in [-0.39, 0.29) is 16.4 Å². The lowest BCUT2D eigenvalue weighted by atomic mass is 10.4. The van der Waals surface area contributed by atoms with Crippen molar-refractivity contribution in [2.75, 3.05) is 20.3 Å². The smallest absolute Gasteiger partial charge is 0.287 e. The van der Waals surface area contributed by atoms with Gasteiger partial charge in [0.2, 0.25) is 10.0 Å². The van der Waals surface area contributed by atoms with Gasteiger partial charge in [0.15, 0.2) is 5.76 Å². The van der Waals surface area contributed by atoms with Crippen molar-refractivity contribution in [1.82, 2.24) is 5.32 Å². The monoisotopic (exact) mass is 262 g/mol. The predicted molar refractivity (Wildman–Crippen MR) is 59.0 cm³/mol. The molecule has 0 atom stereocenters. The van der Waals surface area contributed by atoms with E-state index in [4.69, 9.17) is 14.3 Å². The number of nitrogens with one attached hydrogen (secondary N) is 1. The lowest BCUT2D eigenvalue weighted by Gasteiger charge is -2.00. The summed E-state index contributed by atoms with van der Waals surface area (Å²) in [6.07, 6.45) is 0. The fourth-order valence-electron chi connectivity index (χ4n) is 1.21. The number of primary sulfonamides is 1. The first-order valence-corrected chi connectivity index (χ1v) is 6.31. The number of amides is 1. The SMILES string of the molecule is COCCNC(=O)c1cc(S(N)(=O)=O)c(C)o1. The number of carbonyl (C=O) groups is 1. The van der Waals surface area contributed by atoms with E-state index >= 15 is 0 Å². The molecule has 0 aliphatic rings. The molecule has 8 heteroatoms. The molecule has 0 aliphatic heterocycles. The van der Waals surface area contributed by atoms with E-state index in [9.17, 15) is 13.2 Å². The molecule has 0 bridgehead atoms. The first kappa shape index (κ1) is 13.7. The molecule has 96 valence electrons. The van der Waals surface area contributed by atoms with E-state index in [2.05, 4.69) is 5.32 Å². The summed E-state index contributed by atoms with van der Waals surface area (Å²) in [5, 5.41) is 7.45. The number of ether oxygens (including phenoxy) is 1. The molecule has 1 rings (SSSR count). The van der Waals surface area contributed by atoms with E-state index in [0.29, 0.717) is 13.2 Å². The molecule has 1 aromatic heterocycles. The van der Waals surface area contributed by atoms with Crippen LogP contribution in [0.4, 0.5) is 0 Å². The predicted octanol–water partition coefficient (Wildman–Crippen LogP) is -0.388. The van der Waals surface area contributed by atoms with E-state index in [1.54, 1.807) is 0 Å². The lowest BCUT2D eigenvalue weighted by molar-refractivity contribution is 0.0908. The fraction of sp³-hybridized carbons (Fsp3) is 0.444. The van der Waals surface area contributed by atoms with Crippen molar-refractivity contribution in [3.63, 3.8) is 0 Å². The van der Waals surface area contributed by atoms with Gasteiger partial charge in [-0.25, -0.2) is 13.6 Å². The molecule has 0 saturated heterocycles. The number of rotatable bonds is 5. The topological polar surface area (TPSA) is 112 Å². The number of sulfonamides is 1. The van der Waals surface area contributed by atoms with Gasteiger partial charge in [-0.15, -0.1) is 0 Å². The first-order chi connectivity index (χ1) is 7.86. The van der Waals surface area contributed by atoms with Gasteiger partial charge < -0.3 is 14.5 Å². The minimum Gasteiger partial charge on any atom is -0.455 e. The van der Waals surface area contributed by atoms with Crippen LogP contribution in [0.15, 0.2) is 15.4 Å². The summed E-state index contributed by atoms with van der Waals surface area (Å²) in [7, 11) is -2.37. The van der Waals surface area contributed by atoms with Crippen molar-refractivity contribution in [2.24, 2.45) is 5.14 Å². The Kier molecular flexibility index (Phi) is 4.27. The Hall–Kier alpha value is -1.38. The normalized spacial score (nSPS) is 11.5. The summed E-state index contributed by atoms with van der Waals surface area (Å²) in [5.41, 5.74) is 0. The zero-order valence-electron chi connectivity index (χ0n) is 9.52. The highest BCUT2D eigenvalue weighted by atomic mass is 32.2. The van der Waals surface area contributed by atoms with Crippen LogP contribution in [0, 0.1) is 6.92 Å². The highest BCUT2D eigenvalue weighted by Gasteiger charge is 2.20. The summed E-state index contributed by atoms with van der Waals surface area (Å²) in [6.45, 7) is 2.08. The minimum absolute atomic E-state index is 0.0874. The second kappa shape index (κ2) is 5.30. The van der Waals surface area contributed by atoms with Crippen LogP contribution in [-0.4, -0.2) is 34.6 Å². The number of hydrogen-bond donors (Lipinski definition) is 2. The number of nitrogens with two attached hydrogens (primary N) is 1. The van der Waals surface area contributed by atoms with Crippen molar-refractivity contribution in [3.8, 4) is 0 Å². The summed E-state index contributed by atoms with van der Waals surface area (Å²) < 4.78 is 32.0. The van der Waals surface area contributed by atoms with E-state index in [1.807, 2.05) is 0 Å². The molecule has 1 heterocycles. The molecule has 1 aromatic rings. The van der Waals surface area contributed by atoms with Crippen LogP contribution in [0.2, 0.25) is 0 Å². The Balaban J connectivity index is 2.83. The van der Waals surface area contributed by atoms with Gasteiger partial charge in [0.1, 0.15) is 10.7 Å². The molecule has 0 spiro atoms. The Morgan fingerprint density at radius 1 is 1.59 bits per heavy atom. The summed E-state index contributed by atoms with van der Waals surface area (Å²) in [4.78, 5) is 11.3. The average Bonchev–Trinajstić information content (AvgIpc) is 2.60. The summed E-state index contributed by atoms with van der Waals surface area (Å²) >= 11 is 0. The van der Waals surface area contributed by atoms with Crippen LogP contribution >= 0.6 is 0 Å². The van der Waals surface area contributed by atoms with Gasteiger partial charge in [0.25, 0.3) is 5.91 Å². The molecule has 1 amide bonds. The lowest BCUT2D eigenvalue weighted by Crippen LogP contribution is -2.26. The molecule has 0 unspecified atom stereocenters. The number of furan rings is 1. The van der Waals surface area contributed by atoms with Crippen molar-refractivity contribution >= 4 is 15.9 Å². The zero-order valence-corrected chi connectivity index (χ0v) is 10.3. The molecule has 7 nitrogen and oxygen atoms in total. The maximum atomic E-state index is 11.5. The van der Waals surface area contributed by atoms with E-state index in [1.165, 1.54) is 14.0 Å². The summed E-state index contributed by atoms with van der Waals surface area (Å²) in [6, 6.07) is 1.10. The second-order valence-corrected chi connectivity index (χ2v) is 4.85. The molecule has 0 aliphatic carbocycles. The third-order valence-corrected chi connectivity index (χ3v) is 3.01. The molecule has 3 N–H and O–H groups in total. The van der Waals surface area contributed by atoms with Gasteiger partial charge >= 0.3 is 0 Å². The molecular formula is C9H14N2O5S. The van der Waals surface area contributed by atoms with Crippen LogP contribution in [-0.2, 0) is 14.8 Å². The van der Waals surface area contributed by atoms with Crippen molar-refractivity contribution in [1.29, 1.82) is 0 Å². The van der Waals surface area contributed by atoms with Crippen molar-refractivity contribution < 1.29 is 22.4 Å². The fourth-order valence-corrected chi connectivity index (χ4v) is 1.93. The van der Waals surface area contributed by atoms with E-state index < -0.39 is 15.9 Å². The van der Waals surface area contributed by atoms with Crippen LogP contribution in [0.5, 0.6) is 0 Å². The maximum Gasteiger partial charge on any atom is 0.287 e. The molecule has 0 fully saturated rings. The zero-order chi connectivity index (χ0) is 13.1. The minimum atomic E-state index is -3.87. The van der Waals surface area contributed by atoms with E-state index in [0.717, 1.165) is 6.07 Å². The molecule has 0 aromatic carbocycles. The van der Waals surface area contributed by atoms with Gasteiger partial charge in [-0.3, -0.25) is 4.79 Å². The van der Waals surface area contributed by atoms with Gasteiger partial charge in [0.05, 0.1) is 6.61 Å². The van der Waals surface area contributed by atoms with Crippen LogP contribution in [0.25, 0.3) is 0 Å². The number of aryl methyl sites for hydroxylation is 1. The number of hydrogen-bond acceptors (Lipinski definition) is 5. The Labute approximate surface area is 99.0 Å². The third kappa shape index (κ3) is 3.55. The van der Waals surface area contributed by atoms with Crippen molar-refractivity contribution in [3.05, 3.63) is 17.6 Å². The first-order valence-electron chi connectivity index (χ1n) is 4.76. The highest BCUT2D eigenvalue weighted by Crippen LogP contribution is 2.18. The Morgan fingerprint density at radius 3 is 2.71 bits per heavy atom.